The largest absolute Gasteiger partial charge is 0.483 e. The number of imidazole rings is 1. The topological polar surface area (TPSA) is 56.1 Å². The molecule has 0 saturated heterocycles. The molecular weight excluding hydrogens is 309 g/mol. The van der Waals surface area contributed by atoms with E-state index in [-0.39, 0.29) is 18.3 Å². The van der Waals surface area contributed by atoms with Crippen LogP contribution < -0.4 is 10.1 Å². The second-order valence-electron chi connectivity index (χ2n) is 5.37. The molecule has 0 aliphatic heterocycles. The molecule has 124 valence electrons. The summed E-state index contributed by atoms with van der Waals surface area (Å²) in [5.41, 5.74) is 2.08. The first kappa shape index (κ1) is 16.0. The van der Waals surface area contributed by atoms with E-state index in [1.165, 1.54) is 19.1 Å². The molecule has 0 fully saturated rings. The summed E-state index contributed by atoms with van der Waals surface area (Å²) in [4.78, 5) is 15.7. The predicted molar refractivity (Wildman–Crippen MR) is 90.4 cm³/mol. The van der Waals surface area contributed by atoms with Crippen LogP contribution in [0.2, 0.25) is 0 Å². The van der Waals surface area contributed by atoms with Gasteiger partial charge in [-0.05, 0) is 31.2 Å². The lowest BCUT2D eigenvalue weighted by molar-refractivity contribution is -0.114. The van der Waals surface area contributed by atoms with Gasteiger partial charge >= 0.3 is 0 Å². The van der Waals surface area contributed by atoms with E-state index in [1.54, 1.807) is 18.2 Å². The lowest BCUT2D eigenvalue weighted by atomic mass is 10.3. The third-order valence-electron chi connectivity index (χ3n) is 3.66. The zero-order chi connectivity index (χ0) is 17.1. The van der Waals surface area contributed by atoms with Crippen LogP contribution in [0, 0.1) is 5.82 Å². The van der Waals surface area contributed by atoms with E-state index < -0.39 is 0 Å². The fraction of sp³-hybridized carbons (Fsp3) is 0.222. The van der Waals surface area contributed by atoms with Gasteiger partial charge in [-0.2, -0.15) is 0 Å². The zero-order valence-corrected chi connectivity index (χ0v) is 13.5. The zero-order valence-electron chi connectivity index (χ0n) is 13.5. The molecular formula is C18H18FN3O2. The maximum atomic E-state index is 13.4. The lowest BCUT2D eigenvalue weighted by Gasteiger charge is -2.12. The van der Waals surface area contributed by atoms with E-state index in [0.717, 1.165) is 5.52 Å². The Morgan fingerprint density at radius 2 is 2.08 bits per heavy atom. The molecule has 1 N–H and O–H groups in total. The summed E-state index contributed by atoms with van der Waals surface area (Å²) in [7, 11) is 0. The average molecular weight is 327 g/mol. The van der Waals surface area contributed by atoms with Gasteiger partial charge in [0, 0.05) is 19.5 Å². The van der Waals surface area contributed by atoms with Crippen LogP contribution in [0.1, 0.15) is 19.7 Å². The third-order valence-corrected chi connectivity index (χ3v) is 3.66. The predicted octanol–water partition coefficient (Wildman–Crippen LogP) is 3.73. The Labute approximate surface area is 139 Å². The highest BCUT2D eigenvalue weighted by Gasteiger charge is 2.12. The molecule has 3 aromatic rings. The van der Waals surface area contributed by atoms with Gasteiger partial charge in [0.15, 0.2) is 0 Å². The van der Waals surface area contributed by atoms with Gasteiger partial charge in [-0.25, -0.2) is 9.37 Å². The summed E-state index contributed by atoms with van der Waals surface area (Å²) >= 11 is 0. The number of ether oxygens (including phenoxy) is 1. The molecule has 1 aromatic heterocycles. The Hall–Kier alpha value is -2.89. The first-order chi connectivity index (χ1) is 11.6. The summed E-state index contributed by atoms with van der Waals surface area (Å²) in [5, 5.41) is 2.73. The first-order valence-corrected chi connectivity index (χ1v) is 7.72. The van der Waals surface area contributed by atoms with Crippen LogP contribution in [0.15, 0.2) is 42.5 Å². The quantitative estimate of drug-likeness (QED) is 0.777. The number of hydrogen-bond donors (Lipinski definition) is 1. The number of rotatable bonds is 5. The lowest BCUT2D eigenvalue weighted by Crippen LogP contribution is -2.09. The van der Waals surface area contributed by atoms with Crippen molar-refractivity contribution >= 4 is 22.6 Å². The average Bonchev–Trinajstić information content (AvgIpc) is 2.90. The van der Waals surface area contributed by atoms with E-state index >= 15 is 0 Å². The van der Waals surface area contributed by atoms with E-state index in [9.17, 15) is 9.18 Å². The van der Waals surface area contributed by atoms with Crippen LogP contribution in [-0.2, 0) is 17.9 Å². The molecule has 0 radical (unpaired) electrons. The Bertz CT molecular complexity index is 889. The van der Waals surface area contributed by atoms with Crippen LogP contribution in [0.5, 0.6) is 5.75 Å². The van der Waals surface area contributed by atoms with Crippen molar-refractivity contribution in [1.29, 1.82) is 0 Å². The number of aryl methyl sites for hydroxylation is 1. The van der Waals surface area contributed by atoms with Gasteiger partial charge in [0.25, 0.3) is 0 Å². The van der Waals surface area contributed by atoms with Crippen LogP contribution in [0.3, 0.4) is 0 Å². The summed E-state index contributed by atoms with van der Waals surface area (Å²) < 4.78 is 21.2. The van der Waals surface area contributed by atoms with Crippen molar-refractivity contribution in [2.75, 3.05) is 5.32 Å². The van der Waals surface area contributed by atoms with Crippen molar-refractivity contribution in [3.63, 3.8) is 0 Å². The molecule has 5 nitrogen and oxygen atoms in total. The standard InChI is InChI=1S/C18H18FN3O2/c1-3-22-16-9-8-13(19)10-15(16)21-18(22)11-24-17-7-5-4-6-14(17)20-12(2)23/h4-10H,3,11H2,1-2H3,(H,20,23). The smallest absolute Gasteiger partial charge is 0.221 e. The van der Waals surface area contributed by atoms with E-state index in [4.69, 9.17) is 4.74 Å². The van der Waals surface area contributed by atoms with E-state index in [1.807, 2.05) is 23.6 Å². The molecule has 24 heavy (non-hydrogen) atoms. The van der Waals surface area contributed by atoms with Gasteiger partial charge < -0.3 is 14.6 Å². The van der Waals surface area contributed by atoms with E-state index in [0.29, 0.717) is 29.3 Å². The van der Waals surface area contributed by atoms with Crippen molar-refractivity contribution in [2.45, 2.75) is 27.0 Å². The molecule has 0 aliphatic rings. The van der Waals surface area contributed by atoms with Gasteiger partial charge in [-0.3, -0.25) is 4.79 Å². The second-order valence-corrected chi connectivity index (χ2v) is 5.37. The van der Waals surface area contributed by atoms with Crippen molar-refractivity contribution in [1.82, 2.24) is 9.55 Å². The number of nitrogens with zero attached hydrogens (tertiary/aromatic N) is 2. The number of aromatic nitrogens is 2. The third kappa shape index (κ3) is 3.22. The van der Waals surface area contributed by atoms with Crippen LogP contribution in [-0.4, -0.2) is 15.5 Å². The highest BCUT2D eigenvalue weighted by molar-refractivity contribution is 5.90. The van der Waals surface area contributed by atoms with Gasteiger partial charge in [0.2, 0.25) is 5.91 Å². The Balaban J connectivity index is 1.87. The summed E-state index contributed by atoms with van der Waals surface area (Å²) in [6, 6.07) is 11.8. The van der Waals surface area contributed by atoms with Crippen LogP contribution in [0.4, 0.5) is 10.1 Å². The number of para-hydroxylation sites is 2. The monoisotopic (exact) mass is 327 g/mol. The molecule has 1 amide bonds. The molecule has 1 heterocycles. The number of halogens is 1. The van der Waals surface area contributed by atoms with Gasteiger partial charge in [-0.15, -0.1) is 0 Å². The van der Waals surface area contributed by atoms with Crippen molar-refractivity contribution < 1.29 is 13.9 Å². The van der Waals surface area contributed by atoms with Crippen molar-refractivity contribution in [3.8, 4) is 5.75 Å². The van der Waals surface area contributed by atoms with Crippen LogP contribution in [0.25, 0.3) is 11.0 Å². The molecule has 0 atom stereocenters. The minimum atomic E-state index is -0.313. The molecule has 0 unspecified atom stereocenters. The number of carbonyl (C=O) groups excluding carboxylic acids is 1. The van der Waals surface area contributed by atoms with Gasteiger partial charge in [0.05, 0.1) is 16.7 Å². The number of nitrogens with one attached hydrogen (secondary N) is 1. The Kier molecular flexibility index (Phi) is 4.46. The summed E-state index contributed by atoms with van der Waals surface area (Å²) in [5.74, 6) is 0.790. The number of amides is 1. The molecule has 0 spiro atoms. The van der Waals surface area contributed by atoms with Crippen molar-refractivity contribution in [3.05, 3.63) is 54.1 Å². The Morgan fingerprint density at radius 3 is 2.83 bits per heavy atom. The van der Waals surface area contributed by atoms with E-state index in [2.05, 4.69) is 10.3 Å². The molecule has 6 heteroatoms. The summed E-state index contributed by atoms with van der Waals surface area (Å²) in [6.45, 7) is 4.37. The maximum Gasteiger partial charge on any atom is 0.221 e. The van der Waals surface area contributed by atoms with Gasteiger partial charge in [-0.1, -0.05) is 12.1 Å². The number of carbonyl (C=O) groups is 1. The number of anilines is 1. The fourth-order valence-corrected chi connectivity index (χ4v) is 2.64. The number of hydrogen-bond acceptors (Lipinski definition) is 3. The first-order valence-electron chi connectivity index (χ1n) is 7.72. The highest BCUT2D eigenvalue weighted by atomic mass is 19.1. The molecule has 2 aromatic carbocycles. The molecule has 0 saturated carbocycles. The fourth-order valence-electron chi connectivity index (χ4n) is 2.64. The SMILES string of the molecule is CCn1c(COc2ccccc2NC(C)=O)nc2cc(F)ccc21. The van der Waals surface area contributed by atoms with Crippen molar-refractivity contribution in [2.24, 2.45) is 0 Å². The Morgan fingerprint density at radius 1 is 1.29 bits per heavy atom. The number of benzene rings is 2. The van der Waals surface area contributed by atoms with Crippen LogP contribution >= 0.6 is 0 Å². The maximum absolute atomic E-state index is 13.4. The molecule has 0 aliphatic carbocycles. The second kappa shape index (κ2) is 6.70. The normalized spacial score (nSPS) is 10.8. The minimum absolute atomic E-state index is 0.165. The van der Waals surface area contributed by atoms with Gasteiger partial charge in [0.1, 0.15) is 24.0 Å². The minimum Gasteiger partial charge on any atom is -0.483 e. The molecule has 3 rings (SSSR count). The number of fused-ring (bicyclic) bond motifs is 1. The highest BCUT2D eigenvalue weighted by Crippen LogP contribution is 2.25. The summed E-state index contributed by atoms with van der Waals surface area (Å²) in [6.07, 6.45) is 0. The molecule has 0 bridgehead atoms.